The molecule has 170 valence electrons. The van der Waals surface area contributed by atoms with E-state index in [2.05, 4.69) is 48.5 Å². The highest BCUT2D eigenvalue weighted by Gasteiger charge is 2.19. The largest absolute Gasteiger partial charge is 0.454 e. The van der Waals surface area contributed by atoms with Crippen molar-refractivity contribution < 1.29 is 18.9 Å². The van der Waals surface area contributed by atoms with Crippen molar-refractivity contribution in [2.75, 3.05) is 13.6 Å². The highest BCUT2D eigenvalue weighted by Crippen LogP contribution is 2.40. The Morgan fingerprint density at radius 3 is 1.15 bits per heavy atom. The van der Waals surface area contributed by atoms with E-state index >= 15 is 0 Å². The molecule has 6 heteroatoms. The van der Waals surface area contributed by atoms with Crippen LogP contribution in [-0.2, 0) is 13.1 Å². The average Bonchev–Trinajstić information content (AvgIpc) is 3.55. The fraction of sp³-hybridized carbons (Fsp3) is 0.143. The van der Waals surface area contributed by atoms with Crippen molar-refractivity contribution in [3.05, 3.63) is 83.9 Å². The van der Waals surface area contributed by atoms with E-state index in [4.69, 9.17) is 30.4 Å². The zero-order chi connectivity index (χ0) is 23.1. The third kappa shape index (κ3) is 3.53. The maximum absolute atomic E-state index is 6.00. The molecule has 0 aromatic heterocycles. The van der Waals surface area contributed by atoms with Crippen LogP contribution < -0.4 is 30.4 Å². The van der Waals surface area contributed by atoms with Gasteiger partial charge in [-0.25, -0.2) is 0 Å². The smallest absolute Gasteiger partial charge is 0.231 e. The summed E-state index contributed by atoms with van der Waals surface area (Å²) < 4.78 is 22.1. The van der Waals surface area contributed by atoms with Crippen LogP contribution in [-0.4, -0.2) is 13.6 Å². The summed E-state index contributed by atoms with van der Waals surface area (Å²) >= 11 is 0. The van der Waals surface area contributed by atoms with Crippen molar-refractivity contribution in [2.45, 2.75) is 13.1 Å². The Balaban J connectivity index is 1.29. The molecular formula is C28H24N2O4. The third-order valence-electron chi connectivity index (χ3n) is 6.36. The van der Waals surface area contributed by atoms with E-state index in [0.717, 1.165) is 67.5 Å². The molecule has 0 fully saturated rings. The number of rotatable bonds is 5. The number of hydrogen-bond acceptors (Lipinski definition) is 6. The summed E-state index contributed by atoms with van der Waals surface area (Å²) in [6, 6.07) is 24.9. The molecule has 4 N–H and O–H groups in total. The van der Waals surface area contributed by atoms with Crippen molar-refractivity contribution in [3.8, 4) is 56.4 Å². The van der Waals surface area contributed by atoms with Crippen LogP contribution in [0.4, 0.5) is 0 Å². The van der Waals surface area contributed by atoms with Gasteiger partial charge in [0, 0.05) is 13.1 Å². The minimum Gasteiger partial charge on any atom is -0.454 e. The van der Waals surface area contributed by atoms with E-state index in [-0.39, 0.29) is 13.6 Å². The standard InChI is InChI=1S/C28H24N2O4/c29-13-21-9-25-27(33-15-31-25)11-23(21)19-5-1-17(2-6-19)18-3-7-20(8-4-18)24-12-28-26(32-16-34-28)10-22(24)14-30/h1-12H,13-16,29-30H2. The van der Waals surface area contributed by atoms with Crippen LogP contribution >= 0.6 is 0 Å². The minimum absolute atomic E-state index is 0.247. The van der Waals surface area contributed by atoms with E-state index in [1.165, 1.54) is 0 Å². The van der Waals surface area contributed by atoms with Crippen LogP contribution in [0.1, 0.15) is 11.1 Å². The van der Waals surface area contributed by atoms with E-state index in [1.54, 1.807) is 0 Å². The van der Waals surface area contributed by atoms with Gasteiger partial charge < -0.3 is 30.4 Å². The molecule has 0 saturated heterocycles. The lowest BCUT2D eigenvalue weighted by molar-refractivity contribution is 0.173. The van der Waals surface area contributed by atoms with Gasteiger partial charge in [0.1, 0.15) is 0 Å². The van der Waals surface area contributed by atoms with Crippen LogP contribution in [0.25, 0.3) is 33.4 Å². The van der Waals surface area contributed by atoms with Crippen LogP contribution in [0, 0.1) is 0 Å². The quantitative estimate of drug-likeness (QED) is 0.440. The van der Waals surface area contributed by atoms with Crippen molar-refractivity contribution in [1.82, 2.24) is 0 Å². The second-order valence-corrected chi connectivity index (χ2v) is 8.29. The first-order valence-corrected chi connectivity index (χ1v) is 11.2. The van der Waals surface area contributed by atoms with E-state index in [9.17, 15) is 0 Å². The number of hydrogen-bond donors (Lipinski definition) is 2. The Hall–Kier alpha value is -4.00. The lowest BCUT2D eigenvalue weighted by Gasteiger charge is -2.12. The number of nitrogens with two attached hydrogens (primary N) is 2. The molecule has 0 amide bonds. The average molecular weight is 453 g/mol. The molecule has 0 spiro atoms. The summed E-state index contributed by atoms with van der Waals surface area (Å²) in [7, 11) is 0. The lowest BCUT2D eigenvalue weighted by Crippen LogP contribution is -1.99. The van der Waals surface area contributed by atoms with Gasteiger partial charge >= 0.3 is 0 Å². The van der Waals surface area contributed by atoms with Gasteiger partial charge in [0.15, 0.2) is 23.0 Å². The van der Waals surface area contributed by atoms with Gasteiger partial charge in [-0.15, -0.1) is 0 Å². The first-order chi connectivity index (χ1) is 16.7. The molecule has 0 unspecified atom stereocenters. The van der Waals surface area contributed by atoms with Gasteiger partial charge in [-0.1, -0.05) is 48.5 Å². The Bertz CT molecular complexity index is 1260. The first-order valence-electron chi connectivity index (χ1n) is 11.2. The van der Waals surface area contributed by atoms with Gasteiger partial charge in [0.25, 0.3) is 0 Å². The second-order valence-electron chi connectivity index (χ2n) is 8.29. The van der Waals surface area contributed by atoms with Crippen molar-refractivity contribution in [2.24, 2.45) is 11.5 Å². The van der Waals surface area contributed by atoms with Crippen LogP contribution in [0.15, 0.2) is 72.8 Å². The van der Waals surface area contributed by atoms with E-state index in [1.807, 2.05) is 24.3 Å². The van der Waals surface area contributed by atoms with Crippen LogP contribution in [0.2, 0.25) is 0 Å². The Morgan fingerprint density at radius 2 is 0.794 bits per heavy atom. The molecule has 0 saturated carbocycles. The Morgan fingerprint density at radius 1 is 0.471 bits per heavy atom. The molecule has 2 aliphatic rings. The van der Waals surface area contributed by atoms with Crippen molar-refractivity contribution in [3.63, 3.8) is 0 Å². The fourth-order valence-electron chi connectivity index (χ4n) is 4.53. The molecule has 4 aromatic rings. The topological polar surface area (TPSA) is 89.0 Å². The summed E-state index contributed by atoms with van der Waals surface area (Å²) in [6.07, 6.45) is 0. The van der Waals surface area contributed by atoms with Crippen LogP contribution in [0.5, 0.6) is 23.0 Å². The molecule has 0 bridgehead atoms. The SMILES string of the molecule is NCc1cc2c(cc1-c1ccc(-c3ccc(-c4cc5c(cc4CN)OCO5)cc3)cc1)OCO2. The molecule has 0 radical (unpaired) electrons. The van der Waals surface area contributed by atoms with Gasteiger partial charge in [-0.05, 0) is 68.8 Å². The Kier molecular flexibility index (Phi) is 5.09. The molecule has 2 heterocycles. The molecule has 0 aliphatic carbocycles. The molecule has 6 rings (SSSR count). The molecule has 2 aliphatic heterocycles. The fourth-order valence-corrected chi connectivity index (χ4v) is 4.53. The summed E-state index contributed by atoms with van der Waals surface area (Å²) in [5.41, 5.74) is 20.6. The summed E-state index contributed by atoms with van der Waals surface area (Å²) in [4.78, 5) is 0. The molecule has 34 heavy (non-hydrogen) atoms. The lowest BCUT2D eigenvalue weighted by atomic mass is 9.94. The maximum atomic E-state index is 6.00. The first kappa shape index (κ1) is 20.6. The third-order valence-corrected chi connectivity index (χ3v) is 6.36. The summed E-state index contributed by atoms with van der Waals surface area (Å²) in [5, 5.41) is 0. The number of ether oxygens (including phenoxy) is 4. The van der Waals surface area contributed by atoms with Gasteiger partial charge in [0.2, 0.25) is 13.6 Å². The van der Waals surface area contributed by atoms with Crippen LogP contribution in [0.3, 0.4) is 0 Å². The predicted octanol–water partition coefficient (Wildman–Crippen LogP) is 5.06. The zero-order valence-electron chi connectivity index (χ0n) is 18.5. The zero-order valence-corrected chi connectivity index (χ0v) is 18.5. The Labute approximate surface area is 197 Å². The monoisotopic (exact) mass is 452 g/mol. The number of fused-ring (bicyclic) bond motifs is 2. The summed E-state index contributed by atoms with van der Waals surface area (Å²) in [6.45, 7) is 1.35. The van der Waals surface area contributed by atoms with Gasteiger partial charge in [-0.2, -0.15) is 0 Å². The second kappa shape index (κ2) is 8.41. The normalized spacial score (nSPS) is 13.4. The molecule has 6 nitrogen and oxygen atoms in total. The summed E-state index contributed by atoms with van der Waals surface area (Å²) in [5.74, 6) is 3.02. The number of benzene rings is 4. The van der Waals surface area contributed by atoms with Crippen molar-refractivity contribution in [1.29, 1.82) is 0 Å². The highest BCUT2D eigenvalue weighted by atomic mass is 16.7. The van der Waals surface area contributed by atoms with Crippen molar-refractivity contribution >= 4 is 0 Å². The maximum Gasteiger partial charge on any atom is 0.231 e. The minimum atomic E-state index is 0.247. The molecular weight excluding hydrogens is 428 g/mol. The highest BCUT2D eigenvalue weighted by molar-refractivity contribution is 5.77. The predicted molar refractivity (Wildman–Crippen MR) is 131 cm³/mol. The molecule has 0 atom stereocenters. The molecule has 4 aromatic carbocycles. The van der Waals surface area contributed by atoms with E-state index in [0.29, 0.717) is 13.1 Å². The van der Waals surface area contributed by atoms with Gasteiger partial charge in [0.05, 0.1) is 0 Å². The van der Waals surface area contributed by atoms with Gasteiger partial charge in [-0.3, -0.25) is 0 Å². The van der Waals surface area contributed by atoms with E-state index < -0.39 is 0 Å².